The third-order valence-corrected chi connectivity index (χ3v) is 6.29. The number of fused-ring (bicyclic) bond motifs is 1. The second-order valence-corrected chi connectivity index (χ2v) is 8.61. The molecular formula is C27H25N3O8. The van der Waals surface area contributed by atoms with Crippen LogP contribution in [-0.4, -0.2) is 58.8 Å². The molecule has 1 aromatic rings. The van der Waals surface area contributed by atoms with Crippen LogP contribution in [0.25, 0.3) is 5.57 Å². The van der Waals surface area contributed by atoms with Crippen molar-refractivity contribution < 1.29 is 38.3 Å². The average molecular weight is 520 g/mol. The minimum absolute atomic E-state index is 0.0312. The van der Waals surface area contributed by atoms with Gasteiger partial charge in [-0.15, -0.1) is 0 Å². The van der Waals surface area contributed by atoms with Crippen LogP contribution in [0.5, 0.6) is 0 Å². The number of ether oxygens (including phenoxy) is 1. The largest absolute Gasteiger partial charge is 0.533 e. The normalized spacial score (nSPS) is 20.5. The Morgan fingerprint density at radius 3 is 2.42 bits per heavy atom. The van der Waals surface area contributed by atoms with Gasteiger partial charge in [0.1, 0.15) is 6.61 Å². The molecule has 196 valence electrons. The number of allylic oxidation sites excluding steroid dienone is 4. The van der Waals surface area contributed by atoms with Gasteiger partial charge >= 0.3 is 6.16 Å². The first-order chi connectivity index (χ1) is 18.2. The lowest BCUT2D eigenvalue weighted by atomic mass is 9.97. The number of hydrogen-bond donors (Lipinski definition) is 1. The Bertz CT molecular complexity index is 1310. The second kappa shape index (κ2) is 11.1. The van der Waals surface area contributed by atoms with Gasteiger partial charge in [0.2, 0.25) is 5.91 Å². The highest BCUT2D eigenvalue weighted by Crippen LogP contribution is 2.46. The summed E-state index contributed by atoms with van der Waals surface area (Å²) in [6, 6.07) is 5.29. The van der Waals surface area contributed by atoms with Crippen molar-refractivity contribution in [3.63, 3.8) is 0 Å². The molecule has 5 amide bonds. The van der Waals surface area contributed by atoms with Crippen molar-refractivity contribution in [2.24, 2.45) is 0 Å². The fourth-order valence-electron chi connectivity index (χ4n) is 4.52. The number of imide groups is 2. The van der Waals surface area contributed by atoms with Gasteiger partial charge in [0.25, 0.3) is 23.6 Å². The zero-order valence-electron chi connectivity index (χ0n) is 20.6. The van der Waals surface area contributed by atoms with Gasteiger partial charge in [0.15, 0.2) is 0 Å². The molecule has 0 bridgehead atoms. The number of benzene rings is 1. The van der Waals surface area contributed by atoms with Crippen LogP contribution in [0.2, 0.25) is 0 Å². The number of amides is 5. The fraction of sp³-hybridized carbons (Fsp3) is 0.259. The number of anilines is 1. The Morgan fingerprint density at radius 2 is 1.79 bits per heavy atom. The highest BCUT2D eigenvalue weighted by atomic mass is 16.8. The van der Waals surface area contributed by atoms with Gasteiger partial charge in [0, 0.05) is 49.6 Å². The third-order valence-electron chi connectivity index (χ3n) is 6.29. The molecule has 0 spiro atoms. The molecule has 38 heavy (non-hydrogen) atoms. The molecule has 1 aromatic carbocycles. The van der Waals surface area contributed by atoms with Crippen molar-refractivity contribution in [2.45, 2.75) is 32.1 Å². The van der Waals surface area contributed by atoms with Gasteiger partial charge in [-0.3, -0.25) is 33.7 Å². The summed E-state index contributed by atoms with van der Waals surface area (Å²) in [6.45, 7) is 5.40. The van der Waals surface area contributed by atoms with Gasteiger partial charge in [0.05, 0.1) is 0 Å². The Labute approximate surface area is 218 Å². The topological polar surface area (TPSA) is 139 Å². The van der Waals surface area contributed by atoms with E-state index in [0.29, 0.717) is 10.8 Å². The lowest BCUT2D eigenvalue weighted by molar-refractivity contribution is -0.177. The van der Waals surface area contributed by atoms with Crippen molar-refractivity contribution >= 4 is 47.0 Å². The summed E-state index contributed by atoms with van der Waals surface area (Å²) in [5.41, 5.74) is 3.80. The van der Waals surface area contributed by atoms with Crippen molar-refractivity contribution in [1.29, 1.82) is 0 Å². The van der Waals surface area contributed by atoms with E-state index in [4.69, 9.17) is 9.57 Å². The van der Waals surface area contributed by atoms with Crippen LogP contribution in [0.4, 0.5) is 10.5 Å². The van der Waals surface area contributed by atoms with Gasteiger partial charge < -0.3 is 10.1 Å². The van der Waals surface area contributed by atoms with Crippen molar-refractivity contribution in [2.75, 3.05) is 18.5 Å². The number of nitrogens with one attached hydrogen (secondary N) is 1. The molecule has 4 rings (SSSR count). The van der Waals surface area contributed by atoms with E-state index in [1.807, 2.05) is 25.1 Å². The van der Waals surface area contributed by atoms with Gasteiger partial charge in [-0.1, -0.05) is 35.9 Å². The summed E-state index contributed by atoms with van der Waals surface area (Å²) in [5, 5.41) is 3.18. The minimum atomic E-state index is -1.18. The third kappa shape index (κ3) is 5.31. The smallest absolute Gasteiger partial charge is 0.432 e. The summed E-state index contributed by atoms with van der Waals surface area (Å²) in [4.78, 5) is 77.4. The molecule has 2 heterocycles. The molecule has 0 radical (unpaired) electrons. The molecule has 2 aliphatic heterocycles. The van der Waals surface area contributed by atoms with Crippen LogP contribution in [0.3, 0.4) is 0 Å². The Hall–Kier alpha value is -4.80. The molecule has 1 fully saturated rings. The molecule has 1 saturated heterocycles. The first kappa shape index (κ1) is 26.3. The molecule has 1 aliphatic carbocycles. The van der Waals surface area contributed by atoms with Crippen molar-refractivity contribution in [3.05, 3.63) is 71.9 Å². The number of hydrogen-bond acceptors (Lipinski definition) is 8. The van der Waals surface area contributed by atoms with Gasteiger partial charge in [-0.25, -0.2) is 4.79 Å². The van der Waals surface area contributed by atoms with Gasteiger partial charge in [-0.2, -0.15) is 0 Å². The van der Waals surface area contributed by atoms with Crippen LogP contribution in [0, 0.1) is 0 Å². The van der Waals surface area contributed by atoms with Crippen LogP contribution < -0.4 is 5.32 Å². The van der Waals surface area contributed by atoms with E-state index in [1.165, 1.54) is 0 Å². The fourth-order valence-corrected chi connectivity index (χ4v) is 4.52. The standard InChI is InChI=1S/C27H25N3O8/c1-3-5-18-17(4-2)21(15-37-27(36)38-30-25(34)10-11-26(30)35)20-14-16(6-7-19(18)20)28-22(31)12-13-29-23(32)8-9-24(29)33/h3-9,14,21H,1,10-13,15H2,2H3,(H,28,31)/b17-4+,18-5+. The highest BCUT2D eigenvalue weighted by molar-refractivity contribution is 6.13. The summed E-state index contributed by atoms with van der Waals surface area (Å²) in [6.07, 6.45) is 6.33. The Kier molecular flexibility index (Phi) is 7.66. The molecule has 3 aliphatic rings. The number of rotatable bonds is 8. The molecule has 11 nitrogen and oxygen atoms in total. The monoisotopic (exact) mass is 519 g/mol. The summed E-state index contributed by atoms with van der Waals surface area (Å²) >= 11 is 0. The molecule has 1 N–H and O–H groups in total. The van der Waals surface area contributed by atoms with E-state index >= 15 is 0 Å². The molecule has 11 heteroatoms. The van der Waals surface area contributed by atoms with Gasteiger partial charge in [-0.05, 0) is 41.3 Å². The number of nitrogens with zero attached hydrogens (tertiary/aromatic N) is 2. The van der Waals surface area contributed by atoms with Crippen LogP contribution in [0.1, 0.15) is 43.2 Å². The first-order valence-electron chi connectivity index (χ1n) is 11.9. The molecule has 1 unspecified atom stereocenters. The molecule has 0 aromatic heterocycles. The van der Waals surface area contributed by atoms with E-state index in [-0.39, 0.29) is 38.3 Å². The quantitative estimate of drug-likeness (QED) is 0.409. The maximum atomic E-state index is 12.5. The number of carbonyl (C=O) groups excluding carboxylic acids is 6. The molecule has 0 saturated carbocycles. The lowest BCUT2D eigenvalue weighted by Crippen LogP contribution is -2.33. The van der Waals surface area contributed by atoms with Crippen molar-refractivity contribution in [3.8, 4) is 0 Å². The highest BCUT2D eigenvalue weighted by Gasteiger charge is 2.35. The molecule has 1 atom stereocenters. The van der Waals surface area contributed by atoms with Crippen LogP contribution in [-0.2, 0) is 33.5 Å². The van der Waals surface area contributed by atoms with E-state index < -0.39 is 35.7 Å². The Morgan fingerprint density at radius 1 is 1.11 bits per heavy atom. The van der Waals surface area contributed by atoms with E-state index in [1.54, 1.807) is 18.2 Å². The SMILES string of the molecule is C=C/C=C1\C(=C/C)C(COC(=O)ON2C(=O)CCC2=O)c2cc(NC(=O)CCN3C(=O)C=CC3=O)ccc21. The summed E-state index contributed by atoms with van der Waals surface area (Å²) in [5.74, 6) is -2.96. The second-order valence-electron chi connectivity index (χ2n) is 8.61. The average Bonchev–Trinajstić information content (AvgIpc) is 3.49. The maximum Gasteiger partial charge on any atom is 0.533 e. The van der Waals surface area contributed by atoms with E-state index in [2.05, 4.69) is 11.9 Å². The zero-order valence-corrected chi connectivity index (χ0v) is 20.6. The zero-order chi connectivity index (χ0) is 27.4. The van der Waals surface area contributed by atoms with Crippen LogP contribution in [0.15, 0.2) is 60.7 Å². The van der Waals surface area contributed by atoms with Crippen LogP contribution >= 0.6 is 0 Å². The number of carbonyl (C=O) groups is 6. The maximum absolute atomic E-state index is 12.5. The summed E-state index contributed by atoms with van der Waals surface area (Å²) < 4.78 is 5.27. The minimum Gasteiger partial charge on any atom is -0.432 e. The van der Waals surface area contributed by atoms with E-state index in [0.717, 1.165) is 39.3 Å². The molecular weight excluding hydrogens is 494 g/mol. The predicted octanol–water partition coefficient (Wildman–Crippen LogP) is 2.77. The first-order valence-corrected chi connectivity index (χ1v) is 11.9. The Balaban J connectivity index is 1.47. The predicted molar refractivity (Wildman–Crippen MR) is 134 cm³/mol. The van der Waals surface area contributed by atoms with E-state index in [9.17, 15) is 28.8 Å². The summed E-state index contributed by atoms with van der Waals surface area (Å²) in [7, 11) is 0. The number of hydroxylamine groups is 2. The lowest BCUT2D eigenvalue weighted by Gasteiger charge is -2.17. The van der Waals surface area contributed by atoms with Crippen molar-refractivity contribution in [1.82, 2.24) is 9.96 Å².